The first-order valence-electron chi connectivity index (χ1n) is 17.4. The van der Waals surface area contributed by atoms with E-state index in [1.807, 2.05) is 60.7 Å². The molecular weight excluding hydrogens is 689 g/mol. The SMILES string of the molecule is c1ccc(-c2nc(-c3ccc4c(c3)oc3ccccc34)nc(-c3cccc4sc5cc(-c6cccc(-c7nc8ccccc8s7)c6)ccc5c34)n2)cc1. The van der Waals surface area contributed by atoms with Gasteiger partial charge in [-0.25, -0.2) is 19.9 Å². The highest BCUT2D eigenvalue weighted by Gasteiger charge is 2.18. The largest absolute Gasteiger partial charge is 0.456 e. The zero-order valence-electron chi connectivity index (χ0n) is 28.0. The molecule has 0 aliphatic rings. The Bertz CT molecular complexity index is 3160. The number of hydrogen-bond acceptors (Lipinski definition) is 7. The van der Waals surface area contributed by atoms with Gasteiger partial charge in [0.25, 0.3) is 0 Å². The summed E-state index contributed by atoms with van der Waals surface area (Å²) in [7, 11) is 0. The molecule has 0 spiro atoms. The van der Waals surface area contributed by atoms with E-state index in [2.05, 4.69) is 97.1 Å². The zero-order valence-corrected chi connectivity index (χ0v) is 29.7. The van der Waals surface area contributed by atoms with Crippen LogP contribution in [0, 0.1) is 0 Å². The Labute approximate surface area is 311 Å². The third-order valence-corrected chi connectivity index (χ3v) is 12.0. The molecule has 0 fully saturated rings. The van der Waals surface area contributed by atoms with Crippen LogP contribution in [0.4, 0.5) is 0 Å². The molecule has 53 heavy (non-hydrogen) atoms. The maximum Gasteiger partial charge on any atom is 0.164 e. The van der Waals surface area contributed by atoms with E-state index < -0.39 is 0 Å². The number of hydrogen-bond donors (Lipinski definition) is 0. The molecule has 11 aromatic rings. The van der Waals surface area contributed by atoms with Crippen molar-refractivity contribution in [2.45, 2.75) is 0 Å². The van der Waals surface area contributed by atoms with Crippen LogP contribution < -0.4 is 0 Å². The van der Waals surface area contributed by atoms with Crippen LogP contribution in [0.15, 0.2) is 162 Å². The number of furan rings is 1. The second kappa shape index (κ2) is 12.0. The van der Waals surface area contributed by atoms with Crippen LogP contribution in [-0.2, 0) is 0 Å². The average Bonchev–Trinajstić information content (AvgIpc) is 3.94. The van der Waals surface area contributed by atoms with E-state index in [0.29, 0.717) is 17.5 Å². The van der Waals surface area contributed by atoms with Gasteiger partial charge in [-0.1, -0.05) is 109 Å². The molecule has 5 nitrogen and oxygen atoms in total. The lowest BCUT2D eigenvalue weighted by atomic mass is 10.00. The molecule has 4 aromatic heterocycles. The van der Waals surface area contributed by atoms with Gasteiger partial charge in [-0.3, -0.25) is 0 Å². The fraction of sp³-hybridized carbons (Fsp3) is 0. The Morgan fingerprint density at radius 1 is 0.377 bits per heavy atom. The van der Waals surface area contributed by atoms with Crippen molar-refractivity contribution in [1.82, 2.24) is 19.9 Å². The molecule has 0 bridgehead atoms. The lowest BCUT2D eigenvalue weighted by Gasteiger charge is -2.10. The van der Waals surface area contributed by atoms with Crippen molar-refractivity contribution < 1.29 is 4.42 Å². The Morgan fingerprint density at radius 3 is 1.98 bits per heavy atom. The van der Waals surface area contributed by atoms with E-state index in [1.165, 1.54) is 25.0 Å². The molecule has 248 valence electrons. The zero-order chi connectivity index (χ0) is 34.9. The third kappa shape index (κ3) is 5.12. The van der Waals surface area contributed by atoms with Gasteiger partial charge in [0, 0.05) is 53.2 Å². The van der Waals surface area contributed by atoms with Crippen LogP contribution >= 0.6 is 22.7 Å². The van der Waals surface area contributed by atoms with Crippen molar-refractivity contribution in [2.24, 2.45) is 0 Å². The van der Waals surface area contributed by atoms with E-state index >= 15 is 0 Å². The monoisotopic (exact) mass is 714 g/mol. The molecular formula is C46H26N4OS2. The smallest absolute Gasteiger partial charge is 0.164 e. The van der Waals surface area contributed by atoms with E-state index in [0.717, 1.165) is 65.7 Å². The highest BCUT2D eigenvalue weighted by atomic mass is 32.1. The minimum Gasteiger partial charge on any atom is -0.456 e. The van der Waals surface area contributed by atoms with Crippen molar-refractivity contribution in [3.63, 3.8) is 0 Å². The molecule has 0 amide bonds. The number of para-hydroxylation sites is 2. The summed E-state index contributed by atoms with van der Waals surface area (Å²) in [6.07, 6.45) is 0. The molecule has 0 aliphatic carbocycles. The molecule has 7 aromatic carbocycles. The minimum atomic E-state index is 0.600. The molecule has 0 atom stereocenters. The summed E-state index contributed by atoms with van der Waals surface area (Å²) in [6, 6.07) is 54.6. The van der Waals surface area contributed by atoms with Crippen molar-refractivity contribution >= 4 is 75.0 Å². The topological polar surface area (TPSA) is 64.7 Å². The van der Waals surface area contributed by atoms with Crippen molar-refractivity contribution in [2.75, 3.05) is 0 Å². The predicted molar refractivity (Wildman–Crippen MR) is 220 cm³/mol. The van der Waals surface area contributed by atoms with E-state index in [-0.39, 0.29) is 0 Å². The summed E-state index contributed by atoms with van der Waals surface area (Å²) in [5, 5.41) is 5.52. The van der Waals surface area contributed by atoms with E-state index in [4.69, 9.17) is 24.4 Å². The van der Waals surface area contributed by atoms with Gasteiger partial charge in [0.15, 0.2) is 17.5 Å². The molecule has 11 rings (SSSR count). The van der Waals surface area contributed by atoms with Crippen molar-refractivity contribution in [1.29, 1.82) is 0 Å². The Morgan fingerprint density at radius 2 is 1.06 bits per heavy atom. The predicted octanol–water partition coefficient (Wildman–Crippen LogP) is 13.1. The van der Waals surface area contributed by atoms with Gasteiger partial charge in [-0.2, -0.15) is 0 Å². The molecule has 4 heterocycles. The number of aromatic nitrogens is 4. The summed E-state index contributed by atoms with van der Waals surface area (Å²) in [4.78, 5) is 20.2. The van der Waals surface area contributed by atoms with Crippen LogP contribution in [0.3, 0.4) is 0 Å². The minimum absolute atomic E-state index is 0.600. The highest BCUT2D eigenvalue weighted by molar-refractivity contribution is 7.26. The van der Waals surface area contributed by atoms with Crippen LogP contribution in [-0.4, -0.2) is 19.9 Å². The van der Waals surface area contributed by atoms with Gasteiger partial charge >= 0.3 is 0 Å². The molecule has 0 saturated heterocycles. The summed E-state index contributed by atoms with van der Waals surface area (Å²) < 4.78 is 9.84. The Kier molecular flexibility index (Phi) is 6.83. The second-order valence-electron chi connectivity index (χ2n) is 13.0. The van der Waals surface area contributed by atoms with E-state index in [1.54, 1.807) is 22.7 Å². The number of thiophene rings is 1. The summed E-state index contributed by atoms with van der Waals surface area (Å²) in [5.74, 6) is 1.86. The lowest BCUT2D eigenvalue weighted by molar-refractivity contribution is 0.669. The van der Waals surface area contributed by atoms with Gasteiger partial charge in [-0.15, -0.1) is 22.7 Å². The third-order valence-electron chi connectivity index (χ3n) is 9.78. The summed E-state index contributed by atoms with van der Waals surface area (Å²) in [5.41, 5.74) is 8.95. The highest BCUT2D eigenvalue weighted by Crippen LogP contribution is 2.42. The van der Waals surface area contributed by atoms with Gasteiger partial charge in [0.2, 0.25) is 0 Å². The van der Waals surface area contributed by atoms with Crippen LogP contribution in [0.2, 0.25) is 0 Å². The molecule has 7 heteroatoms. The molecule has 0 unspecified atom stereocenters. The maximum absolute atomic E-state index is 6.25. The quantitative estimate of drug-likeness (QED) is 0.178. The number of nitrogens with zero attached hydrogens (tertiary/aromatic N) is 4. The fourth-order valence-corrected chi connectivity index (χ4v) is 9.36. The Hall–Kier alpha value is -6.54. The molecule has 0 saturated carbocycles. The van der Waals surface area contributed by atoms with E-state index in [9.17, 15) is 0 Å². The summed E-state index contributed by atoms with van der Waals surface area (Å²) in [6.45, 7) is 0. The fourth-order valence-electron chi connectivity index (χ4n) is 7.23. The van der Waals surface area contributed by atoms with Crippen LogP contribution in [0.5, 0.6) is 0 Å². The normalized spacial score (nSPS) is 11.8. The number of rotatable bonds is 5. The van der Waals surface area contributed by atoms with Crippen LogP contribution in [0.25, 0.3) is 108 Å². The van der Waals surface area contributed by atoms with Gasteiger partial charge in [0.1, 0.15) is 16.2 Å². The molecule has 0 radical (unpaired) electrons. The van der Waals surface area contributed by atoms with Crippen LogP contribution in [0.1, 0.15) is 0 Å². The van der Waals surface area contributed by atoms with Gasteiger partial charge in [-0.05, 0) is 59.7 Å². The molecule has 0 N–H and O–H groups in total. The van der Waals surface area contributed by atoms with Crippen molar-refractivity contribution in [3.05, 3.63) is 158 Å². The standard InChI is InChI=1S/C46H26N4OS2/c1-2-10-27(11-3-1)43-48-44(30-21-22-33-32-14-4-6-17-37(32)51-38(33)25-30)50-45(49-43)35-15-9-19-40-42(35)34-23-20-29(26-41(34)52-40)28-12-8-13-31(24-28)46-47-36-16-5-7-18-39(36)53-46/h1-26H. The first kappa shape index (κ1) is 30.1. The lowest BCUT2D eigenvalue weighted by Crippen LogP contribution is -2.00. The first-order chi connectivity index (χ1) is 26.2. The average molecular weight is 715 g/mol. The summed E-state index contributed by atoms with van der Waals surface area (Å²) >= 11 is 3.52. The van der Waals surface area contributed by atoms with Crippen molar-refractivity contribution in [3.8, 4) is 55.9 Å². The first-order valence-corrected chi connectivity index (χ1v) is 19.0. The Balaban J connectivity index is 1.04. The number of benzene rings is 7. The molecule has 0 aliphatic heterocycles. The van der Waals surface area contributed by atoms with Gasteiger partial charge < -0.3 is 4.42 Å². The van der Waals surface area contributed by atoms with Gasteiger partial charge in [0.05, 0.1) is 10.2 Å². The maximum atomic E-state index is 6.25. The number of fused-ring (bicyclic) bond motifs is 7. The number of thiazole rings is 1. The second-order valence-corrected chi connectivity index (χ2v) is 15.2.